The zero-order chi connectivity index (χ0) is 21.6. The van der Waals surface area contributed by atoms with Crippen LogP contribution < -0.4 is 5.11 Å². The van der Waals surface area contributed by atoms with Gasteiger partial charge in [-0.3, -0.25) is 4.57 Å². The van der Waals surface area contributed by atoms with Crippen molar-refractivity contribution in [3.8, 4) is 11.4 Å². The molecular weight excluding hydrogens is 416 g/mol. The van der Waals surface area contributed by atoms with E-state index in [-0.39, 0.29) is 16.7 Å². The third kappa shape index (κ3) is 5.35. The lowest BCUT2D eigenvalue weighted by molar-refractivity contribution is -0.301. The number of hydrogen-bond acceptors (Lipinski definition) is 8. The number of sulfonamides is 1. The van der Waals surface area contributed by atoms with Crippen LogP contribution in [0, 0.1) is 0 Å². The molecule has 160 valence electrons. The van der Waals surface area contributed by atoms with Gasteiger partial charge in [0.15, 0.2) is 11.0 Å². The van der Waals surface area contributed by atoms with E-state index in [1.54, 1.807) is 49.8 Å². The Labute approximate surface area is 175 Å². The molecule has 0 unspecified atom stereocenters. The molecule has 1 atom stereocenters. The minimum absolute atomic E-state index is 0.164. The zero-order valence-corrected chi connectivity index (χ0v) is 18.5. The molecule has 0 aliphatic heterocycles. The summed E-state index contributed by atoms with van der Waals surface area (Å²) in [4.78, 5) is 11.0. The number of aliphatic carboxylic acids is 1. The Morgan fingerprint density at radius 1 is 1.31 bits per heavy atom. The van der Waals surface area contributed by atoms with Crippen LogP contribution in [0.3, 0.4) is 0 Å². The van der Waals surface area contributed by atoms with E-state index >= 15 is 0 Å². The average Bonchev–Trinajstić information content (AvgIpc) is 3.11. The van der Waals surface area contributed by atoms with Crippen LogP contribution in [0.25, 0.3) is 11.4 Å². The minimum Gasteiger partial charge on any atom is -0.549 e. The first kappa shape index (κ1) is 23.3. The number of thioether (sulfide) groups is 1. The predicted octanol–water partition coefficient (Wildman–Crippen LogP) is 1.03. The third-order valence-electron chi connectivity index (χ3n) is 4.27. The third-order valence-corrected chi connectivity index (χ3v) is 7.23. The topological polar surface area (TPSA) is 117 Å². The maximum Gasteiger partial charge on any atom is 0.243 e. The van der Waals surface area contributed by atoms with Crippen LogP contribution in [0.5, 0.6) is 0 Å². The quantitative estimate of drug-likeness (QED) is 0.475. The van der Waals surface area contributed by atoms with E-state index in [2.05, 4.69) is 10.2 Å². The number of carboxylic acid groups (broad SMARTS) is 1. The smallest absolute Gasteiger partial charge is 0.243 e. The molecule has 9 nitrogen and oxygen atoms in total. The number of ether oxygens (including phenoxy) is 1. The zero-order valence-electron chi connectivity index (χ0n) is 16.9. The van der Waals surface area contributed by atoms with Gasteiger partial charge < -0.3 is 14.6 Å². The second-order valence-corrected chi connectivity index (χ2v) is 9.14. The van der Waals surface area contributed by atoms with E-state index in [0.29, 0.717) is 36.2 Å². The first-order valence-electron chi connectivity index (χ1n) is 9.13. The van der Waals surface area contributed by atoms with E-state index in [1.165, 1.54) is 4.31 Å². The Morgan fingerprint density at radius 2 is 2.00 bits per heavy atom. The molecule has 0 amide bonds. The number of rotatable bonds is 11. The number of nitrogens with zero attached hydrogens (tertiary/aromatic N) is 4. The van der Waals surface area contributed by atoms with Gasteiger partial charge in [0, 0.05) is 31.5 Å². The normalized spacial score (nSPS) is 13.0. The largest absolute Gasteiger partial charge is 0.549 e. The molecule has 2 aromatic rings. The van der Waals surface area contributed by atoms with Crippen molar-refractivity contribution < 1.29 is 23.1 Å². The SMILES string of the molecule is CCN(CC)S(=O)(=O)c1cccc(-c2nnc(SCC(=O)[O-])n2[C@@H](C)COC)c1. The highest BCUT2D eigenvalue weighted by Crippen LogP contribution is 2.29. The number of carbonyl (C=O) groups is 1. The number of methoxy groups -OCH3 is 1. The van der Waals surface area contributed by atoms with Crippen LogP contribution in [0.1, 0.15) is 26.8 Å². The van der Waals surface area contributed by atoms with Crippen molar-refractivity contribution in [1.29, 1.82) is 0 Å². The first-order valence-corrected chi connectivity index (χ1v) is 11.6. The molecule has 0 bridgehead atoms. The Bertz CT molecular complexity index is 941. The molecule has 0 spiro atoms. The highest BCUT2D eigenvalue weighted by molar-refractivity contribution is 7.99. The van der Waals surface area contributed by atoms with E-state index in [4.69, 9.17) is 4.74 Å². The van der Waals surface area contributed by atoms with Gasteiger partial charge in [-0.25, -0.2) is 8.42 Å². The van der Waals surface area contributed by atoms with E-state index in [0.717, 1.165) is 11.8 Å². The Morgan fingerprint density at radius 3 is 2.59 bits per heavy atom. The van der Waals surface area contributed by atoms with Crippen molar-refractivity contribution in [1.82, 2.24) is 19.1 Å². The van der Waals surface area contributed by atoms with Crippen molar-refractivity contribution in [2.45, 2.75) is 36.9 Å². The van der Waals surface area contributed by atoms with E-state index in [9.17, 15) is 18.3 Å². The second-order valence-electron chi connectivity index (χ2n) is 6.26. The molecule has 29 heavy (non-hydrogen) atoms. The van der Waals surface area contributed by atoms with E-state index < -0.39 is 16.0 Å². The van der Waals surface area contributed by atoms with Crippen LogP contribution in [-0.2, 0) is 19.6 Å². The number of benzene rings is 1. The summed E-state index contributed by atoms with van der Waals surface area (Å²) in [6, 6.07) is 6.30. The molecule has 2 rings (SSSR count). The van der Waals surface area contributed by atoms with Crippen LogP contribution >= 0.6 is 11.8 Å². The van der Waals surface area contributed by atoms with Gasteiger partial charge >= 0.3 is 0 Å². The van der Waals surface area contributed by atoms with Crippen molar-refractivity contribution in [2.24, 2.45) is 0 Å². The van der Waals surface area contributed by atoms with E-state index in [1.807, 2.05) is 6.92 Å². The van der Waals surface area contributed by atoms with Gasteiger partial charge in [-0.05, 0) is 19.1 Å². The van der Waals surface area contributed by atoms with Gasteiger partial charge in [-0.2, -0.15) is 4.31 Å². The number of hydrogen-bond donors (Lipinski definition) is 0. The van der Waals surface area contributed by atoms with Crippen LogP contribution in [0.15, 0.2) is 34.3 Å². The Hall–Kier alpha value is -1.95. The molecule has 0 aliphatic carbocycles. The lowest BCUT2D eigenvalue weighted by atomic mass is 10.2. The number of carbonyl (C=O) groups excluding carboxylic acids is 1. The highest BCUT2D eigenvalue weighted by Gasteiger charge is 2.24. The van der Waals surface area contributed by atoms with Crippen molar-refractivity contribution in [3.63, 3.8) is 0 Å². The maximum atomic E-state index is 12.9. The fourth-order valence-corrected chi connectivity index (χ4v) is 5.17. The summed E-state index contributed by atoms with van der Waals surface area (Å²) in [6.07, 6.45) is 0. The molecule has 0 saturated heterocycles. The van der Waals surface area contributed by atoms with Crippen LogP contribution in [0.4, 0.5) is 0 Å². The molecule has 0 aliphatic rings. The first-order chi connectivity index (χ1) is 13.8. The maximum absolute atomic E-state index is 12.9. The minimum atomic E-state index is -3.63. The summed E-state index contributed by atoms with van der Waals surface area (Å²) in [5, 5.41) is 19.5. The molecule has 0 fully saturated rings. The van der Waals surface area contributed by atoms with Crippen LogP contribution in [-0.4, -0.2) is 66.0 Å². The highest BCUT2D eigenvalue weighted by atomic mass is 32.2. The number of carboxylic acids is 1. The van der Waals surface area contributed by atoms with Gasteiger partial charge in [0.1, 0.15) is 0 Å². The molecular formula is C18H25N4O5S2-. The number of aromatic nitrogens is 3. The lowest BCUT2D eigenvalue weighted by Crippen LogP contribution is -2.30. The second kappa shape index (κ2) is 10.2. The fourth-order valence-electron chi connectivity index (χ4n) is 2.92. The summed E-state index contributed by atoms with van der Waals surface area (Å²) in [5.74, 6) is -1.04. The van der Waals surface area contributed by atoms with Crippen LogP contribution in [0.2, 0.25) is 0 Å². The van der Waals surface area contributed by atoms with Crippen molar-refractivity contribution in [2.75, 3.05) is 32.6 Å². The Balaban J connectivity index is 2.53. The summed E-state index contributed by atoms with van der Waals surface area (Å²) in [5.41, 5.74) is 0.564. The summed E-state index contributed by atoms with van der Waals surface area (Å²) in [6.45, 7) is 6.54. The van der Waals surface area contributed by atoms with Crippen molar-refractivity contribution in [3.05, 3.63) is 24.3 Å². The lowest BCUT2D eigenvalue weighted by Gasteiger charge is -2.20. The molecule has 11 heteroatoms. The van der Waals surface area contributed by atoms with Gasteiger partial charge in [0.2, 0.25) is 10.0 Å². The Kier molecular flexibility index (Phi) is 8.20. The molecule has 1 aromatic heterocycles. The molecule has 1 heterocycles. The summed E-state index contributed by atoms with van der Waals surface area (Å²) >= 11 is 0.992. The van der Waals surface area contributed by atoms with Gasteiger partial charge in [0.25, 0.3) is 0 Å². The van der Waals surface area contributed by atoms with Gasteiger partial charge in [-0.1, -0.05) is 37.7 Å². The van der Waals surface area contributed by atoms with Gasteiger partial charge in [-0.15, -0.1) is 10.2 Å². The van der Waals surface area contributed by atoms with Crippen molar-refractivity contribution >= 4 is 27.8 Å². The fraction of sp³-hybridized carbons (Fsp3) is 0.500. The monoisotopic (exact) mass is 441 g/mol. The molecule has 0 radical (unpaired) electrons. The average molecular weight is 442 g/mol. The summed E-state index contributed by atoms with van der Waals surface area (Å²) < 4.78 is 34.1. The molecule has 0 N–H and O–H groups in total. The van der Waals surface area contributed by atoms with Gasteiger partial charge in [0.05, 0.1) is 23.5 Å². The standard InChI is InChI=1S/C18H26N4O5S2/c1-5-21(6-2)29(25,26)15-9-7-8-14(10-15)17-19-20-18(28-12-16(23)24)22(17)13(3)11-27-4/h7-10,13H,5-6,11-12H2,1-4H3,(H,23,24)/p-1/t13-/m0/s1. The molecule has 0 saturated carbocycles. The molecule has 1 aromatic carbocycles. The summed E-state index contributed by atoms with van der Waals surface area (Å²) in [7, 11) is -2.07. The predicted molar refractivity (Wildman–Crippen MR) is 108 cm³/mol.